The van der Waals surface area contributed by atoms with Crippen molar-refractivity contribution in [2.24, 2.45) is 0 Å². The molecular weight excluding hydrogens is 316 g/mol. The van der Waals surface area contributed by atoms with Gasteiger partial charge in [0.25, 0.3) is 0 Å². The van der Waals surface area contributed by atoms with E-state index in [1.54, 1.807) is 0 Å². The molecule has 24 heavy (non-hydrogen) atoms. The first-order chi connectivity index (χ1) is 11.7. The minimum Gasteiger partial charge on any atom is -0.370 e. The molecular formula is C19H22N4S. The van der Waals surface area contributed by atoms with Crippen LogP contribution in [0.2, 0.25) is 0 Å². The lowest BCUT2D eigenvalue weighted by atomic mass is 10.1. The molecule has 2 heterocycles. The van der Waals surface area contributed by atoms with Crippen molar-refractivity contribution < 1.29 is 0 Å². The topological polar surface area (TPSA) is 46.1 Å². The summed E-state index contributed by atoms with van der Waals surface area (Å²) in [5.74, 6) is 0. The van der Waals surface area contributed by atoms with Crippen molar-refractivity contribution in [1.29, 1.82) is 5.26 Å². The Labute approximate surface area is 148 Å². The summed E-state index contributed by atoms with van der Waals surface area (Å²) in [5, 5.41) is 9.41. The number of anilines is 2. The number of hydrogen-bond donors (Lipinski definition) is 1. The second-order valence-corrected chi connectivity index (χ2v) is 6.43. The summed E-state index contributed by atoms with van der Waals surface area (Å²) in [5.41, 5.74) is 4.17. The van der Waals surface area contributed by atoms with Crippen LogP contribution in [0.5, 0.6) is 0 Å². The van der Waals surface area contributed by atoms with Gasteiger partial charge in [-0.25, -0.2) is 0 Å². The van der Waals surface area contributed by atoms with Crippen LogP contribution in [-0.2, 0) is 6.42 Å². The summed E-state index contributed by atoms with van der Waals surface area (Å²) in [7, 11) is 0. The van der Waals surface area contributed by atoms with Crippen molar-refractivity contribution in [3.8, 4) is 6.07 Å². The monoisotopic (exact) mass is 338 g/mol. The van der Waals surface area contributed by atoms with Crippen LogP contribution in [0.25, 0.3) is 0 Å². The van der Waals surface area contributed by atoms with E-state index < -0.39 is 0 Å². The molecule has 3 rings (SSSR count). The minimum atomic E-state index is 0.520. The fourth-order valence-corrected chi connectivity index (χ4v) is 3.42. The molecule has 124 valence electrons. The zero-order valence-corrected chi connectivity index (χ0v) is 14.8. The summed E-state index contributed by atoms with van der Waals surface area (Å²) in [6.45, 7) is 5.99. The molecule has 0 radical (unpaired) electrons. The summed E-state index contributed by atoms with van der Waals surface area (Å²) < 4.78 is 0.520. The fraction of sp³-hybridized carbons (Fsp3) is 0.368. The summed E-state index contributed by atoms with van der Waals surface area (Å²) in [6.07, 6.45) is 3.95. The second kappa shape index (κ2) is 7.50. The zero-order chi connectivity index (χ0) is 16.9. The lowest BCUT2D eigenvalue weighted by Crippen LogP contribution is -2.31. The third-order valence-electron chi connectivity index (χ3n) is 4.60. The van der Waals surface area contributed by atoms with Gasteiger partial charge in [-0.2, -0.15) is 5.26 Å². The molecule has 0 unspecified atom stereocenters. The van der Waals surface area contributed by atoms with Gasteiger partial charge in [0.2, 0.25) is 0 Å². The molecule has 1 saturated heterocycles. The van der Waals surface area contributed by atoms with E-state index in [0.717, 1.165) is 44.7 Å². The van der Waals surface area contributed by atoms with Gasteiger partial charge in [0.1, 0.15) is 16.3 Å². The number of nitrogens with zero attached hydrogens (tertiary/aromatic N) is 3. The summed E-state index contributed by atoms with van der Waals surface area (Å²) >= 11 is 5.25. The molecule has 0 atom stereocenters. The molecule has 1 aliphatic heterocycles. The maximum Gasteiger partial charge on any atom is 0.123 e. The van der Waals surface area contributed by atoms with Crippen LogP contribution >= 0.6 is 12.2 Å². The van der Waals surface area contributed by atoms with Crippen molar-refractivity contribution in [3.63, 3.8) is 0 Å². The number of pyridine rings is 1. The number of aryl methyl sites for hydroxylation is 1. The Balaban J connectivity index is 1.77. The Morgan fingerprint density at radius 1 is 1.08 bits per heavy atom. The summed E-state index contributed by atoms with van der Waals surface area (Å²) in [4.78, 5) is 7.65. The number of benzene rings is 1. The predicted molar refractivity (Wildman–Crippen MR) is 101 cm³/mol. The van der Waals surface area contributed by atoms with Crippen molar-refractivity contribution >= 4 is 23.6 Å². The SMILES string of the molecule is CCc1ccc(N2CCCN(c3cc[nH]c(=S)c3C#N)CC2)cc1. The molecule has 0 bridgehead atoms. The smallest absolute Gasteiger partial charge is 0.123 e. The van der Waals surface area contributed by atoms with Gasteiger partial charge in [0.05, 0.1) is 5.69 Å². The standard InChI is InChI=1S/C19H22N4S/c1-2-15-4-6-16(7-5-15)22-10-3-11-23(13-12-22)18-8-9-21-19(24)17(18)14-20/h4-9H,2-3,10-13H2,1H3,(H,21,24). The van der Waals surface area contributed by atoms with Gasteiger partial charge in [-0.3, -0.25) is 0 Å². The molecule has 1 N–H and O–H groups in total. The van der Waals surface area contributed by atoms with E-state index in [2.05, 4.69) is 52.0 Å². The molecule has 1 aromatic carbocycles. The van der Waals surface area contributed by atoms with Crippen LogP contribution in [0.15, 0.2) is 36.5 Å². The molecule has 5 heteroatoms. The Hall–Kier alpha value is -2.32. The molecule has 0 aliphatic carbocycles. The Bertz CT molecular complexity index is 788. The maximum absolute atomic E-state index is 9.41. The number of aromatic amines is 1. The first-order valence-electron chi connectivity index (χ1n) is 8.43. The number of H-pyrrole nitrogens is 1. The molecule has 0 amide bonds. The maximum atomic E-state index is 9.41. The van der Waals surface area contributed by atoms with Crippen LogP contribution in [0.3, 0.4) is 0 Å². The number of aromatic nitrogens is 1. The third-order valence-corrected chi connectivity index (χ3v) is 4.92. The molecule has 2 aromatic rings. The molecule has 1 fully saturated rings. The van der Waals surface area contributed by atoms with Crippen LogP contribution in [0.4, 0.5) is 11.4 Å². The van der Waals surface area contributed by atoms with E-state index in [0.29, 0.717) is 10.2 Å². The van der Waals surface area contributed by atoms with E-state index in [9.17, 15) is 5.26 Å². The quantitative estimate of drug-likeness (QED) is 0.862. The van der Waals surface area contributed by atoms with Gasteiger partial charge >= 0.3 is 0 Å². The molecule has 0 saturated carbocycles. The third kappa shape index (κ3) is 3.44. The average molecular weight is 338 g/mol. The average Bonchev–Trinajstić information content (AvgIpc) is 2.87. The van der Waals surface area contributed by atoms with Crippen LogP contribution in [-0.4, -0.2) is 31.2 Å². The van der Waals surface area contributed by atoms with Crippen LogP contribution in [0.1, 0.15) is 24.5 Å². The first-order valence-corrected chi connectivity index (χ1v) is 8.84. The van der Waals surface area contributed by atoms with Gasteiger partial charge in [-0.1, -0.05) is 31.3 Å². The van der Waals surface area contributed by atoms with Crippen molar-refractivity contribution in [1.82, 2.24) is 4.98 Å². The fourth-order valence-electron chi connectivity index (χ4n) is 3.20. The molecule has 1 aliphatic rings. The number of nitriles is 1. The Kier molecular flexibility index (Phi) is 5.17. The highest BCUT2D eigenvalue weighted by Crippen LogP contribution is 2.23. The van der Waals surface area contributed by atoms with Crippen LogP contribution < -0.4 is 9.80 Å². The molecule has 4 nitrogen and oxygen atoms in total. The van der Waals surface area contributed by atoms with Crippen molar-refractivity contribution in [2.75, 3.05) is 36.0 Å². The predicted octanol–water partition coefficient (Wildman–Crippen LogP) is 3.89. The zero-order valence-electron chi connectivity index (χ0n) is 14.0. The van der Waals surface area contributed by atoms with E-state index >= 15 is 0 Å². The second-order valence-electron chi connectivity index (χ2n) is 6.03. The van der Waals surface area contributed by atoms with Gasteiger partial charge in [0, 0.05) is 38.1 Å². The largest absolute Gasteiger partial charge is 0.370 e. The molecule has 0 spiro atoms. The summed E-state index contributed by atoms with van der Waals surface area (Å²) in [6, 6.07) is 13.1. The van der Waals surface area contributed by atoms with E-state index in [1.165, 1.54) is 11.3 Å². The van der Waals surface area contributed by atoms with Crippen LogP contribution in [0, 0.1) is 16.0 Å². The lowest BCUT2D eigenvalue weighted by molar-refractivity contribution is 0.805. The Morgan fingerprint density at radius 2 is 1.79 bits per heavy atom. The molecule has 1 aromatic heterocycles. The number of hydrogen-bond acceptors (Lipinski definition) is 4. The van der Waals surface area contributed by atoms with Gasteiger partial charge in [-0.15, -0.1) is 0 Å². The van der Waals surface area contributed by atoms with Gasteiger partial charge < -0.3 is 14.8 Å². The highest BCUT2D eigenvalue weighted by molar-refractivity contribution is 7.71. The van der Waals surface area contributed by atoms with E-state index in [-0.39, 0.29) is 0 Å². The van der Waals surface area contributed by atoms with Crippen molar-refractivity contribution in [3.05, 3.63) is 52.3 Å². The normalized spacial score (nSPS) is 15.0. The van der Waals surface area contributed by atoms with Crippen molar-refractivity contribution in [2.45, 2.75) is 19.8 Å². The van der Waals surface area contributed by atoms with E-state index in [1.807, 2.05) is 12.3 Å². The lowest BCUT2D eigenvalue weighted by Gasteiger charge is -2.25. The van der Waals surface area contributed by atoms with Gasteiger partial charge in [-0.05, 0) is 36.6 Å². The Morgan fingerprint density at radius 3 is 2.50 bits per heavy atom. The van der Waals surface area contributed by atoms with E-state index in [4.69, 9.17) is 12.2 Å². The minimum absolute atomic E-state index is 0.520. The van der Waals surface area contributed by atoms with Gasteiger partial charge in [0.15, 0.2) is 0 Å². The first kappa shape index (κ1) is 16.5. The number of rotatable bonds is 3. The highest BCUT2D eigenvalue weighted by atomic mass is 32.1. The number of nitrogens with one attached hydrogen (secondary N) is 1. The highest BCUT2D eigenvalue weighted by Gasteiger charge is 2.18.